The van der Waals surface area contributed by atoms with Crippen LogP contribution in [0, 0.1) is 0 Å². The van der Waals surface area contributed by atoms with Crippen molar-refractivity contribution >= 4 is 23.5 Å². The van der Waals surface area contributed by atoms with Gasteiger partial charge >= 0.3 is 0 Å². The predicted molar refractivity (Wildman–Crippen MR) is 89.5 cm³/mol. The number of hydrogen-bond donors (Lipinski definition) is 1. The van der Waals surface area contributed by atoms with Crippen LogP contribution in [0.15, 0.2) is 18.2 Å². The SMILES string of the molecule is CNC(c1ccc(OC)c(OC)c1)C1SCCSC1C. The zero-order chi connectivity index (χ0) is 14.5. The van der Waals surface area contributed by atoms with Crippen molar-refractivity contribution in [1.82, 2.24) is 5.32 Å². The molecule has 1 aromatic carbocycles. The molecule has 0 amide bonds. The molecule has 1 fully saturated rings. The number of benzene rings is 1. The van der Waals surface area contributed by atoms with Gasteiger partial charge in [0.25, 0.3) is 0 Å². The molecule has 3 nitrogen and oxygen atoms in total. The van der Waals surface area contributed by atoms with Crippen LogP contribution in [0.2, 0.25) is 0 Å². The minimum absolute atomic E-state index is 0.336. The quantitative estimate of drug-likeness (QED) is 0.902. The Labute approximate surface area is 130 Å². The summed E-state index contributed by atoms with van der Waals surface area (Å²) in [4.78, 5) is 0. The van der Waals surface area contributed by atoms with Gasteiger partial charge in [0.05, 0.1) is 14.2 Å². The number of hydrogen-bond acceptors (Lipinski definition) is 5. The first kappa shape index (κ1) is 15.9. The normalized spacial score (nSPS) is 24.2. The Morgan fingerprint density at radius 1 is 1.15 bits per heavy atom. The third kappa shape index (κ3) is 3.38. The van der Waals surface area contributed by atoms with Crippen LogP contribution in [0.1, 0.15) is 18.5 Å². The monoisotopic (exact) mass is 313 g/mol. The van der Waals surface area contributed by atoms with E-state index in [4.69, 9.17) is 9.47 Å². The molecule has 5 heteroatoms. The molecule has 0 aliphatic carbocycles. The molecular weight excluding hydrogens is 290 g/mol. The molecule has 1 aliphatic rings. The smallest absolute Gasteiger partial charge is 0.161 e. The van der Waals surface area contributed by atoms with E-state index in [0.29, 0.717) is 16.5 Å². The van der Waals surface area contributed by atoms with E-state index in [1.165, 1.54) is 17.1 Å². The van der Waals surface area contributed by atoms with E-state index in [-0.39, 0.29) is 0 Å². The fourth-order valence-corrected chi connectivity index (χ4v) is 5.57. The maximum atomic E-state index is 5.42. The lowest BCUT2D eigenvalue weighted by molar-refractivity contribution is 0.354. The molecule has 0 spiro atoms. The Balaban J connectivity index is 2.26. The highest BCUT2D eigenvalue weighted by Gasteiger charge is 2.30. The third-order valence-electron chi connectivity index (χ3n) is 3.64. The van der Waals surface area contributed by atoms with Crippen LogP contribution in [-0.2, 0) is 0 Å². The third-order valence-corrected chi connectivity index (χ3v) is 6.84. The molecule has 1 aromatic rings. The van der Waals surface area contributed by atoms with E-state index >= 15 is 0 Å². The average molecular weight is 313 g/mol. The number of thioether (sulfide) groups is 2. The van der Waals surface area contributed by atoms with Crippen molar-refractivity contribution in [3.63, 3.8) is 0 Å². The van der Waals surface area contributed by atoms with Crippen LogP contribution < -0.4 is 14.8 Å². The molecule has 3 atom stereocenters. The summed E-state index contributed by atoms with van der Waals surface area (Å²) in [5.74, 6) is 4.06. The van der Waals surface area contributed by atoms with Gasteiger partial charge in [0.1, 0.15) is 0 Å². The summed E-state index contributed by atoms with van der Waals surface area (Å²) in [5.41, 5.74) is 1.26. The van der Waals surface area contributed by atoms with Crippen molar-refractivity contribution in [2.75, 3.05) is 32.8 Å². The van der Waals surface area contributed by atoms with Crippen molar-refractivity contribution in [1.29, 1.82) is 0 Å². The molecule has 0 saturated carbocycles. The van der Waals surface area contributed by atoms with Crippen LogP contribution in [-0.4, -0.2) is 43.3 Å². The van der Waals surface area contributed by atoms with Crippen LogP contribution in [0.4, 0.5) is 0 Å². The van der Waals surface area contributed by atoms with E-state index in [2.05, 4.69) is 47.9 Å². The number of ether oxygens (including phenoxy) is 2. The summed E-state index contributed by atoms with van der Waals surface area (Å²) in [6, 6.07) is 6.55. The van der Waals surface area contributed by atoms with Gasteiger partial charge in [0.15, 0.2) is 11.5 Å². The maximum absolute atomic E-state index is 5.42. The van der Waals surface area contributed by atoms with Gasteiger partial charge in [-0.2, -0.15) is 23.5 Å². The fraction of sp³-hybridized carbons (Fsp3) is 0.600. The maximum Gasteiger partial charge on any atom is 0.161 e. The first-order chi connectivity index (χ1) is 9.71. The van der Waals surface area contributed by atoms with Crippen LogP contribution in [0.25, 0.3) is 0 Å². The summed E-state index contributed by atoms with van der Waals surface area (Å²) in [6.45, 7) is 2.33. The number of rotatable bonds is 5. The highest BCUT2D eigenvalue weighted by atomic mass is 32.2. The van der Waals surface area contributed by atoms with Gasteiger partial charge < -0.3 is 14.8 Å². The van der Waals surface area contributed by atoms with Gasteiger partial charge in [-0.25, -0.2) is 0 Å². The largest absolute Gasteiger partial charge is 0.493 e. The van der Waals surface area contributed by atoms with Gasteiger partial charge in [0.2, 0.25) is 0 Å². The number of methoxy groups -OCH3 is 2. The first-order valence-electron chi connectivity index (χ1n) is 6.83. The molecule has 3 unspecified atom stereocenters. The zero-order valence-corrected chi connectivity index (χ0v) is 14.1. The summed E-state index contributed by atoms with van der Waals surface area (Å²) in [7, 11) is 5.39. The second kappa shape index (κ2) is 7.48. The van der Waals surface area contributed by atoms with Crippen LogP contribution >= 0.6 is 23.5 Å². The van der Waals surface area contributed by atoms with Crippen LogP contribution in [0.5, 0.6) is 11.5 Å². The summed E-state index contributed by atoms with van der Waals surface area (Å²) >= 11 is 4.13. The molecule has 112 valence electrons. The van der Waals surface area contributed by atoms with Crippen molar-refractivity contribution in [3.8, 4) is 11.5 Å². The lowest BCUT2D eigenvalue weighted by Crippen LogP contribution is -2.36. The van der Waals surface area contributed by atoms with Gasteiger partial charge in [-0.05, 0) is 24.7 Å². The summed E-state index contributed by atoms with van der Waals surface area (Å²) < 4.78 is 10.7. The second-order valence-electron chi connectivity index (χ2n) is 4.79. The molecule has 0 bridgehead atoms. The predicted octanol–water partition coefficient (Wildman–Crippen LogP) is 3.20. The fourth-order valence-electron chi connectivity index (χ4n) is 2.58. The average Bonchev–Trinajstić information content (AvgIpc) is 2.49. The molecule has 0 radical (unpaired) electrons. The summed E-state index contributed by atoms with van der Waals surface area (Å²) in [5, 5.41) is 4.71. The molecule has 1 heterocycles. The minimum Gasteiger partial charge on any atom is -0.493 e. The summed E-state index contributed by atoms with van der Waals surface area (Å²) in [6.07, 6.45) is 0. The highest BCUT2D eigenvalue weighted by Crippen LogP contribution is 2.40. The van der Waals surface area contributed by atoms with Crippen molar-refractivity contribution < 1.29 is 9.47 Å². The van der Waals surface area contributed by atoms with Gasteiger partial charge in [-0.1, -0.05) is 13.0 Å². The lowest BCUT2D eigenvalue weighted by Gasteiger charge is -2.34. The lowest BCUT2D eigenvalue weighted by atomic mass is 10.0. The van der Waals surface area contributed by atoms with Gasteiger partial charge in [-0.15, -0.1) is 0 Å². The molecule has 1 aliphatic heterocycles. The number of nitrogens with one attached hydrogen (secondary N) is 1. The van der Waals surface area contributed by atoms with E-state index in [0.717, 1.165) is 11.5 Å². The molecule has 1 saturated heterocycles. The molecule has 20 heavy (non-hydrogen) atoms. The molecule has 2 rings (SSSR count). The van der Waals surface area contributed by atoms with Gasteiger partial charge in [-0.3, -0.25) is 0 Å². The molecule has 1 N–H and O–H groups in total. The Kier molecular flexibility index (Phi) is 5.93. The highest BCUT2D eigenvalue weighted by molar-refractivity contribution is 8.07. The standard InChI is InChI=1S/C15H23NO2S2/c1-10-15(20-8-7-19-10)14(16-2)11-5-6-12(17-3)13(9-11)18-4/h5-6,9-10,14-16H,7-8H2,1-4H3. The van der Waals surface area contributed by atoms with E-state index < -0.39 is 0 Å². The Morgan fingerprint density at radius 3 is 2.45 bits per heavy atom. The first-order valence-corrected chi connectivity index (χ1v) is 8.93. The molecule has 0 aromatic heterocycles. The second-order valence-corrected chi connectivity index (χ2v) is 7.56. The Bertz CT molecular complexity index is 442. The Hall–Kier alpha value is -0.520. The van der Waals surface area contributed by atoms with E-state index in [1.807, 2.05) is 13.1 Å². The molecular formula is C15H23NO2S2. The van der Waals surface area contributed by atoms with Gasteiger partial charge in [0, 0.05) is 28.0 Å². The zero-order valence-electron chi connectivity index (χ0n) is 12.5. The Morgan fingerprint density at radius 2 is 1.85 bits per heavy atom. The van der Waals surface area contributed by atoms with Crippen LogP contribution in [0.3, 0.4) is 0 Å². The van der Waals surface area contributed by atoms with E-state index in [1.54, 1.807) is 14.2 Å². The van der Waals surface area contributed by atoms with Crippen molar-refractivity contribution in [2.45, 2.75) is 23.5 Å². The van der Waals surface area contributed by atoms with E-state index in [9.17, 15) is 0 Å². The topological polar surface area (TPSA) is 30.5 Å². The minimum atomic E-state index is 0.336. The van der Waals surface area contributed by atoms with Crippen molar-refractivity contribution in [2.24, 2.45) is 0 Å². The van der Waals surface area contributed by atoms with Crippen molar-refractivity contribution in [3.05, 3.63) is 23.8 Å².